The number of pyridine rings is 2. The summed E-state index contributed by atoms with van der Waals surface area (Å²) in [6.45, 7) is 0. The zero-order valence-electron chi connectivity index (χ0n) is 23.3. The Hall–Kier alpha value is -5.37. The van der Waals surface area contributed by atoms with E-state index in [0.717, 1.165) is 50.3 Å². The Bertz CT molecular complexity index is 2370. The molecule has 0 N–H and O–H groups in total. The maximum atomic E-state index is 5.35. The number of benzene rings is 3. The number of fused-ring (bicyclic) bond motifs is 5. The van der Waals surface area contributed by atoms with Crippen molar-refractivity contribution in [3.8, 4) is 43.8 Å². The van der Waals surface area contributed by atoms with Gasteiger partial charge in [-0.3, -0.25) is 9.55 Å². The monoisotopic (exact) mass is 601 g/mol. The zero-order chi connectivity index (χ0) is 29.0. The molecule has 7 heteroatoms. The van der Waals surface area contributed by atoms with Gasteiger partial charge in [-0.1, -0.05) is 36.4 Å². The molecule has 0 atom stereocenters. The summed E-state index contributed by atoms with van der Waals surface area (Å²) in [6, 6.07) is 38.6. The number of hydrogen-bond donors (Lipinski definition) is 0. The molecule has 0 radical (unpaired) electrons. The van der Waals surface area contributed by atoms with Gasteiger partial charge in [0.05, 0.1) is 22.1 Å². The molecule has 0 fully saturated rings. The van der Waals surface area contributed by atoms with Gasteiger partial charge in [-0.25, -0.2) is 9.97 Å². The molecule has 6 heterocycles. The third-order valence-corrected chi connectivity index (χ3v) is 9.90. The van der Waals surface area contributed by atoms with Crippen molar-refractivity contribution in [1.82, 2.24) is 24.1 Å². The summed E-state index contributed by atoms with van der Waals surface area (Å²) in [6.07, 6.45) is 5.45. The quantitative estimate of drug-likeness (QED) is 0.197. The van der Waals surface area contributed by atoms with Crippen LogP contribution in [0.1, 0.15) is 0 Å². The molecule has 5 nitrogen and oxygen atoms in total. The van der Waals surface area contributed by atoms with Crippen molar-refractivity contribution in [1.29, 1.82) is 0 Å². The van der Waals surface area contributed by atoms with Crippen molar-refractivity contribution in [2.45, 2.75) is 0 Å². The van der Waals surface area contributed by atoms with E-state index in [-0.39, 0.29) is 0 Å². The second-order valence-corrected chi connectivity index (χ2v) is 12.5. The van der Waals surface area contributed by atoms with E-state index in [0.29, 0.717) is 0 Å². The van der Waals surface area contributed by atoms with Crippen LogP contribution >= 0.6 is 22.7 Å². The lowest BCUT2D eigenvalue weighted by Gasteiger charge is -2.12. The highest BCUT2D eigenvalue weighted by atomic mass is 32.1. The van der Waals surface area contributed by atoms with Crippen LogP contribution in [0.25, 0.3) is 76.6 Å². The van der Waals surface area contributed by atoms with Crippen molar-refractivity contribution in [3.05, 3.63) is 139 Å². The molecule has 9 aromatic rings. The molecule has 3 aromatic carbocycles. The van der Waals surface area contributed by atoms with E-state index >= 15 is 0 Å². The molecule has 44 heavy (non-hydrogen) atoms. The van der Waals surface area contributed by atoms with Gasteiger partial charge in [0.1, 0.15) is 11.6 Å². The summed E-state index contributed by atoms with van der Waals surface area (Å²) >= 11 is 3.54. The number of nitrogens with zero attached hydrogens (tertiary/aromatic N) is 5. The van der Waals surface area contributed by atoms with Gasteiger partial charge in [0.2, 0.25) is 0 Å². The van der Waals surface area contributed by atoms with Crippen LogP contribution < -0.4 is 0 Å². The molecule has 0 unspecified atom stereocenters. The summed E-state index contributed by atoms with van der Waals surface area (Å²) in [4.78, 5) is 16.8. The van der Waals surface area contributed by atoms with Crippen LogP contribution in [0.2, 0.25) is 0 Å². The first kappa shape index (κ1) is 25.2. The highest BCUT2D eigenvalue weighted by Crippen LogP contribution is 2.41. The lowest BCUT2D eigenvalue weighted by atomic mass is 10.1. The first-order valence-electron chi connectivity index (χ1n) is 14.3. The van der Waals surface area contributed by atoms with E-state index in [9.17, 15) is 0 Å². The molecule has 0 bridgehead atoms. The molecule has 208 valence electrons. The average Bonchev–Trinajstić information content (AvgIpc) is 3.90. The average molecular weight is 602 g/mol. The number of thiophene rings is 2. The van der Waals surface area contributed by atoms with Crippen LogP contribution in [0.3, 0.4) is 0 Å². The molecule has 0 saturated carbocycles. The fourth-order valence-electron chi connectivity index (χ4n) is 6.20. The number of aromatic nitrogens is 5. The van der Waals surface area contributed by atoms with Gasteiger partial charge in [0, 0.05) is 50.4 Å². The van der Waals surface area contributed by atoms with E-state index in [4.69, 9.17) is 9.97 Å². The van der Waals surface area contributed by atoms with E-state index in [1.54, 1.807) is 22.7 Å². The molecule has 0 amide bonds. The smallest absolute Gasteiger partial charge is 0.147 e. The summed E-state index contributed by atoms with van der Waals surface area (Å²) in [5.74, 6) is 1.67. The first-order valence-corrected chi connectivity index (χ1v) is 16.1. The van der Waals surface area contributed by atoms with Gasteiger partial charge in [-0.2, -0.15) is 0 Å². The topological polar surface area (TPSA) is 48.5 Å². The van der Waals surface area contributed by atoms with Gasteiger partial charge in [0.15, 0.2) is 0 Å². The van der Waals surface area contributed by atoms with Crippen LogP contribution in [0.15, 0.2) is 139 Å². The fraction of sp³-hybridized carbons (Fsp3) is 0. The van der Waals surface area contributed by atoms with Crippen molar-refractivity contribution >= 4 is 55.5 Å². The van der Waals surface area contributed by atoms with Gasteiger partial charge < -0.3 is 4.57 Å². The third-order valence-electron chi connectivity index (χ3n) is 8.06. The summed E-state index contributed by atoms with van der Waals surface area (Å²) in [5.41, 5.74) is 8.77. The SMILES string of the molecule is c1ccc(-n2c(-c3ccncc3)nc3c4c5ccccc5n(-c5cc(-c6cccs6)cc(-c6cccs6)c5)c4ccc32)nc1. The van der Waals surface area contributed by atoms with E-state index in [2.05, 4.69) is 104 Å². The van der Waals surface area contributed by atoms with E-state index < -0.39 is 0 Å². The van der Waals surface area contributed by atoms with Gasteiger partial charge in [-0.05, 0) is 94.7 Å². The van der Waals surface area contributed by atoms with Crippen LogP contribution in [0.5, 0.6) is 0 Å². The lowest BCUT2D eigenvalue weighted by molar-refractivity contribution is 1.03. The Balaban J connectivity index is 1.38. The minimum absolute atomic E-state index is 0.828. The van der Waals surface area contributed by atoms with Crippen LogP contribution in [-0.2, 0) is 0 Å². The molecule has 9 rings (SSSR count). The molecule has 0 aliphatic carbocycles. The number of para-hydroxylation sites is 1. The summed E-state index contributed by atoms with van der Waals surface area (Å²) in [7, 11) is 0. The van der Waals surface area contributed by atoms with Gasteiger partial charge in [0.25, 0.3) is 0 Å². The van der Waals surface area contributed by atoms with Crippen LogP contribution in [0, 0.1) is 0 Å². The van der Waals surface area contributed by atoms with E-state index in [1.807, 2.05) is 48.9 Å². The number of rotatable bonds is 5. The van der Waals surface area contributed by atoms with E-state index in [1.165, 1.54) is 26.3 Å². The summed E-state index contributed by atoms with van der Waals surface area (Å²) < 4.78 is 4.55. The predicted molar refractivity (Wildman–Crippen MR) is 183 cm³/mol. The predicted octanol–water partition coefficient (Wildman–Crippen LogP) is 10.0. The van der Waals surface area contributed by atoms with Crippen molar-refractivity contribution in [2.24, 2.45) is 0 Å². The Morgan fingerprint density at radius 2 is 1.27 bits per heavy atom. The minimum Gasteiger partial charge on any atom is -0.309 e. The maximum Gasteiger partial charge on any atom is 0.147 e. The minimum atomic E-state index is 0.828. The van der Waals surface area contributed by atoms with Crippen molar-refractivity contribution in [2.75, 3.05) is 0 Å². The second kappa shape index (κ2) is 10.1. The van der Waals surface area contributed by atoms with Crippen molar-refractivity contribution < 1.29 is 0 Å². The third kappa shape index (κ3) is 3.94. The Morgan fingerprint density at radius 3 is 1.98 bits per heavy atom. The van der Waals surface area contributed by atoms with Gasteiger partial charge >= 0.3 is 0 Å². The van der Waals surface area contributed by atoms with Gasteiger partial charge in [-0.15, -0.1) is 22.7 Å². The normalized spacial score (nSPS) is 11.6. The zero-order valence-corrected chi connectivity index (χ0v) is 25.0. The molecule has 0 saturated heterocycles. The maximum absolute atomic E-state index is 5.35. The van der Waals surface area contributed by atoms with Crippen LogP contribution in [0.4, 0.5) is 0 Å². The molecular formula is C37H23N5S2. The molecular weight excluding hydrogens is 579 g/mol. The highest BCUT2D eigenvalue weighted by Gasteiger charge is 2.22. The molecule has 6 aromatic heterocycles. The molecule has 0 aliphatic heterocycles. The Kier molecular flexibility index (Phi) is 5.79. The highest BCUT2D eigenvalue weighted by molar-refractivity contribution is 7.14. The number of hydrogen-bond acceptors (Lipinski definition) is 5. The largest absolute Gasteiger partial charge is 0.309 e. The standard InChI is InChI=1S/C37H23N5S2/c1-2-8-29-28(7-1)35-30(41(29)27-22-25(32-9-5-19-43-32)21-26(23-27)33-10-6-20-44-33)12-13-31-36(35)40-37(24-14-17-38-18-15-24)42(31)34-11-3-4-16-39-34/h1-23H. The molecule has 0 aliphatic rings. The summed E-state index contributed by atoms with van der Waals surface area (Å²) in [5, 5.41) is 6.58. The fourth-order valence-corrected chi connectivity index (χ4v) is 7.63. The number of imidazole rings is 1. The molecule has 0 spiro atoms. The second-order valence-electron chi connectivity index (χ2n) is 10.6. The van der Waals surface area contributed by atoms with Crippen molar-refractivity contribution in [3.63, 3.8) is 0 Å². The Morgan fingerprint density at radius 1 is 0.545 bits per heavy atom. The lowest BCUT2D eigenvalue weighted by Crippen LogP contribution is -1.99. The Labute approximate surface area is 261 Å². The first-order chi connectivity index (χ1) is 21.8. The van der Waals surface area contributed by atoms with Crippen LogP contribution in [-0.4, -0.2) is 24.1 Å².